The third-order valence-electron chi connectivity index (χ3n) is 3.90. The zero-order chi connectivity index (χ0) is 11.1. The highest BCUT2D eigenvalue weighted by Gasteiger charge is 2.38. The fourth-order valence-electron chi connectivity index (χ4n) is 2.96. The predicted molar refractivity (Wildman–Crippen MR) is 60.3 cm³/mol. The molecule has 1 aliphatic heterocycles. The van der Waals surface area contributed by atoms with Crippen molar-refractivity contribution >= 4 is 5.91 Å². The summed E-state index contributed by atoms with van der Waals surface area (Å²) in [6.45, 7) is 5.51. The summed E-state index contributed by atoms with van der Waals surface area (Å²) in [6, 6.07) is 0.223. The molecule has 0 bridgehead atoms. The average molecular weight is 210 g/mol. The van der Waals surface area contributed by atoms with Gasteiger partial charge in [-0.2, -0.15) is 0 Å². The van der Waals surface area contributed by atoms with Gasteiger partial charge in [0.25, 0.3) is 0 Å². The number of hydrogen-bond acceptors (Lipinski definition) is 2. The molecule has 1 amide bonds. The Morgan fingerprint density at radius 1 is 1.40 bits per heavy atom. The first kappa shape index (κ1) is 10.9. The van der Waals surface area contributed by atoms with E-state index in [2.05, 4.69) is 13.8 Å². The molecule has 2 fully saturated rings. The van der Waals surface area contributed by atoms with Gasteiger partial charge in [-0.15, -0.1) is 0 Å². The van der Waals surface area contributed by atoms with Crippen molar-refractivity contribution in [3.63, 3.8) is 0 Å². The van der Waals surface area contributed by atoms with Crippen LogP contribution in [0, 0.1) is 5.41 Å². The predicted octanol–water partition coefficient (Wildman–Crippen LogP) is 1.51. The Hall–Kier alpha value is -0.570. The number of amides is 1. The molecule has 0 aromatic carbocycles. The number of piperidine rings is 1. The van der Waals surface area contributed by atoms with Crippen molar-refractivity contribution in [2.24, 2.45) is 11.1 Å². The highest BCUT2D eigenvalue weighted by Crippen LogP contribution is 2.40. The Balaban J connectivity index is 2.02. The molecular formula is C12H22N2O. The Bertz CT molecular complexity index is 262. The first-order valence-corrected chi connectivity index (χ1v) is 6.06. The maximum Gasteiger partial charge on any atom is 0.239 e. The van der Waals surface area contributed by atoms with Crippen molar-refractivity contribution in [1.29, 1.82) is 0 Å². The maximum absolute atomic E-state index is 11.9. The molecule has 3 heteroatoms. The molecule has 86 valence electrons. The van der Waals surface area contributed by atoms with Crippen molar-refractivity contribution in [3.8, 4) is 0 Å². The van der Waals surface area contributed by atoms with Gasteiger partial charge in [-0.1, -0.05) is 13.8 Å². The lowest BCUT2D eigenvalue weighted by Crippen LogP contribution is -2.52. The Kier molecular flexibility index (Phi) is 2.75. The number of nitrogens with two attached hydrogens (primary N) is 1. The molecule has 1 saturated heterocycles. The van der Waals surface area contributed by atoms with E-state index in [0.717, 1.165) is 32.2 Å². The normalized spacial score (nSPS) is 35.9. The van der Waals surface area contributed by atoms with Crippen LogP contribution in [0.1, 0.15) is 46.0 Å². The fraction of sp³-hybridized carbons (Fsp3) is 0.917. The van der Waals surface area contributed by atoms with Crippen molar-refractivity contribution in [2.45, 2.75) is 58.0 Å². The molecule has 0 radical (unpaired) electrons. The van der Waals surface area contributed by atoms with Crippen molar-refractivity contribution < 1.29 is 4.79 Å². The maximum atomic E-state index is 11.9. The van der Waals surface area contributed by atoms with E-state index in [4.69, 9.17) is 5.73 Å². The van der Waals surface area contributed by atoms with Crippen LogP contribution in [-0.2, 0) is 4.79 Å². The topological polar surface area (TPSA) is 46.3 Å². The highest BCUT2D eigenvalue weighted by atomic mass is 16.2. The van der Waals surface area contributed by atoms with E-state index in [0.29, 0.717) is 11.5 Å². The van der Waals surface area contributed by atoms with Crippen LogP contribution in [0.2, 0.25) is 0 Å². The van der Waals surface area contributed by atoms with Crippen LogP contribution in [-0.4, -0.2) is 29.4 Å². The summed E-state index contributed by atoms with van der Waals surface area (Å²) < 4.78 is 0. The van der Waals surface area contributed by atoms with Crippen LogP contribution in [0.3, 0.4) is 0 Å². The molecule has 1 heterocycles. The van der Waals surface area contributed by atoms with Crippen LogP contribution < -0.4 is 5.73 Å². The van der Waals surface area contributed by atoms with Crippen LogP contribution in [0.4, 0.5) is 0 Å². The van der Waals surface area contributed by atoms with Crippen LogP contribution in [0.15, 0.2) is 0 Å². The molecular weight excluding hydrogens is 188 g/mol. The number of nitrogens with zero attached hydrogens (tertiary/aromatic N) is 1. The molecule has 2 unspecified atom stereocenters. The molecule has 0 aromatic rings. The van der Waals surface area contributed by atoms with Gasteiger partial charge in [0.1, 0.15) is 0 Å². The third-order valence-corrected chi connectivity index (χ3v) is 3.90. The lowest BCUT2D eigenvalue weighted by atomic mass is 9.91. The molecule has 0 aromatic heterocycles. The zero-order valence-corrected chi connectivity index (χ0v) is 9.83. The van der Waals surface area contributed by atoms with E-state index in [1.807, 2.05) is 4.90 Å². The minimum Gasteiger partial charge on any atom is -0.338 e. The molecule has 1 saturated carbocycles. The summed E-state index contributed by atoms with van der Waals surface area (Å²) in [4.78, 5) is 14.0. The van der Waals surface area contributed by atoms with Crippen molar-refractivity contribution in [1.82, 2.24) is 4.90 Å². The molecule has 1 aliphatic carbocycles. The lowest BCUT2D eigenvalue weighted by molar-refractivity contribution is -0.137. The van der Waals surface area contributed by atoms with Gasteiger partial charge in [0, 0.05) is 12.6 Å². The molecule has 2 N–H and O–H groups in total. The minimum atomic E-state index is -0.234. The third kappa shape index (κ3) is 2.17. The van der Waals surface area contributed by atoms with E-state index in [1.54, 1.807) is 0 Å². The van der Waals surface area contributed by atoms with Gasteiger partial charge in [-0.05, 0) is 37.5 Å². The number of rotatable bonds is 1. The first-order valence-electron chi connectivity index (χ1n) is 6.06. The highest BCUT2D eigenvalue weighted by molar-refractivity contribution is 5.82. The zero-order valence-electron chi connectivity index (χ0n) is 9.83. The van der Waals surface area contributed by atoms with Gasteiger partial charge < -0.3 is 10.6 Å². The lowest BCUT2D eigenvalue weighted by Gasteiger charge is -2.35. The molecule has 2 atom stereocenters. The monoisotopic (exact) mass is 210 g/mol. The van der Waals surface area contributed by atoms with E-state index in [9.17, 15) is 4.79 Å². The molecule has 0 spiro atoms. The van der Waals surface area contributed by atoms with Crippen molar-refractivity contribution in [3.05, 3.63) is 0 Å². The molecule has 2 aliphatic rings. The van der Waals surface area contributed by atoms with Crippen LogP contribution in [0.5, 0.6) is 0 Å². The number of likely N-dealkylation sites (tertiary alicyclic amines) is 1. The number of hydrogen-bond donors (Lipinski definition) is 1. The van der Waals surface area contributed by atoms with E-state index in [1.165, 1.54) is 6.42 Å². The van der Waals surface area contributed by atoms with Gasteiger partial charge in [-0.3, -0.25) is 4.79 Å². The summed E-state index contributed by atoms with van der Waals surface area (Å²) in [5.41, 5.74) is 6.22. The van der Waals surface area contributed by atoms with Gasteiger partial charge in [-0.25, -0.2) is 0 Å². The largest absolute Gasteiger partial charge is 0.338 e. The van der Waals surface area contributed by atoms with Gasteiger partial charge >= 0.3 is 0 Å². The second-order valence-corrected chi connectivity index (χ2v) is 5.84. The van der Waals surface area contributed by atoms with Gasteiger partial charge in [0.2, 0.25) is 5.91 Å². The van der Waals surface area contributed by atoms with Gasteiger partial charge in [0.05, 0.1) is 6.04 Å². The Labute approximate surface area is 92.0 Å². The van der Waals surface area contributed by atoms with Crippen LogP contribution >= 0.6 is 0 Å². The Morgan fingerprint density at radius 2 is 2.13 bits per heavy atom. The summed E-state index contributed by atoms with van der Waals surface area (Å²) in [6.07, 6.45) is 5.48. The van der Waals surface area contributed by atoms with E-state index in [-0.39, 0.29) is 11.9 Å². The summed E-state index contributed by atoms with van der Waals surface area (Å²) in [5, 5.41) is 0. The fourth-order valence-corrected chi connectivity index (χ4v) is 2.96. The van der Waals surface area contributed by atoms with Gasteiger partial charge in [0.15, 0.2) is 0 Å². The molecule has 3 nitrogen and oxygen atoms in total. The van der Waals surface area contributed by atoms with Crippen molar-refractivity contribution in [2.75, 3.05) is 6.54 Å². The summed E-state index contributed by atoms with van der Waals surface area (Å²) in [5.74, 6) is 0.184. The Morgan fingerprint density at radius 3 is 2.73 bits per heavy atom. The average Bonchev–Trinajstić information content (AvgIpc) is 2.51. The molecule has 2 rings (SSSR count). The van der Waals surface area contributed by atoms with E-state index >= 15 is 0 Å². The summed E-state index contributed by atoms with van der Waals surface area (Å²) >= 11 is 0. The SMILES string of the molecule is CC1(C)CCC(N2CCCC(N)C2=O)C1. The number of carbonyl (C=O) groups is 1. The minimum absolute atomic E-state index is 0.184. The summed E-state index contributed by atoms with van der Waals surface area (Å²) in [7, 11) is 0. The molecule has 15 heavy (non-hydrogen) atoms. The second kappa shape index (κ2) is 3.78. The quantitative estimate of drug-likeness (QED) is 0.713. The second-order valence-electron chi connectivity index (χ2n) is 5.84. The van der Waals surface area contributed by atoms with E-state index < -0.39 is 0 Å². The number of carbonyl (C=O) groups excluding carboxylic acids is 1. The van der Waals surface area contributed by atoms with Crippen LogP contribution in [0.25, 0.3) is 0 Å². The first-order chi connectivity index (χ1) is 6.99. The standard InChI is InChI=1S/C12H22N2O/c1-12(2)6-5-9(8-12)14-7-3-4-10(13)11(14)15/h9-10H,3-8,13H2,1-2H3. The smallest absolute Gasteiger partial charge is 0.239 e.